The van der Waals surface area contributed by atoms with E-state index in [-0.39, 0.29) is 26.2 Å². The third-order valence-corrected chi connectivity index (χ3v) is 11.3. The normalized spacial score (nSPS) is 14.5. The molecule has 19 nitrogen and oxygen atoms in total. The highest BCUT2D eigenvalue weighted by Gasteiger charge is 2.46. The molecule has 0 aromatic heterocycles. The van der Waals surface area contributed by atoms with Gasteiger partial charge in [-0.1, -0.05) is 19.3 Å². The van der Waals surface area contributed by atoms with Gasteiger partial charge >= 0.3 is 36.6 Å². The third kappa shape index (κ3) is 34.2. The van der Waals surface area contributed by atoms with Crippen molar-refractivity contribution in [2.24, 2.45) is 5.92 Å². The van der Waals surface area contributed by atoms with Gasteiger partial charge in [0.1, 0.15) is 33.6 Å². The summed E-state index contributed by atoms with van der Waals surface area (Å²) in [6.07, 6.45) is 4.23. The average molecular weight is 1060 g/mol. The maximum Gasteiger partial charge on any atom is 0.410 e. The maximum atomic E-state index is 14.6. The van der Waals surface area contributed by atoms with Gasteiger partial charge in [-0.15, -0.1) is 0 Å². The van der Waals surface area contributed by atoms with Crippen molar-refractivity contribution < 1.29 is 62.3 Å². The molecule has 3 atom stereocenters. The quantitative estimate of drug-likeness (QED) is 0.0363. The van der Waals surface area contributed by atoms with E-state index in [4.69, 9.17) is 28.4 Å². The number of alkyl carbamates (subject to hydrolysis) is 4. The van der Waals surface area contributed by atoms with Crippen molar-refractivity contribution in [3.05, 3.63) is 0 Å². The van der Waals surface area contributed by atoms with E-state index in [9.17, 15) is 33.9 Å². The van der Waals surface area contributed by atoms with Crippen molar-refractivity contribution >= 4 is 36.6 Å². The average Bonchev–Trinajstić information content (AvgIpc) is 3.17. The Bertz CT molecular complexity index is 1700. The minimum absolute atomic E-state index is 0.0606. The first-order valence-corrected chi connectivity index (χ1v) is 27.1. The summed E-state index contributed by atoms with van der Waals surface area (Å²) in [5.41, 5.74) is -6.35. The molecular weight excluding hydrogens is 953 g/mol. The molecule has 5 N–H and O–H groups in total. The molecule has 6 amide bonds. The van der Waals surface area contributed by atoms with E-state index in [2.05, 4.69) is 21.3 Å². The van der Waals surface area contributed by atoms with E-state index < -0.39 is 87.2 Å². The third-order valence-electron chi connectivity index (χ3n) is 11.3. The molecule has 434 valence electrons. The van der Waals surface area contributed by atoms with Gasteiger partial charge in [0, 0.05) is 57.8 Å². The van der Waals surface area contributed by atoms with Crippen LogP contribution in [0.3, 0.4) is 0 Å². The van der Waals surface area contributed by atoms with Gasteiger partial charge in [-0.2, -0.15) is 0 Å². The number of carbonyl (C=O) groups excluding carboxylic acids is 6. The molecule has 0 rings (SSSR count). The Kier molecular flexibility index (Phi) is 29.1. The number of ether oxygens (including phenoxy) is 6. The summed E-state index contributed by atoms with van der Waals surface area (Å²) in [5.74, 6) is -0.396. The molecule has 0 radical (unpaired) electrons. The fourth-order valence-corrected chi connectivity index (χ4v) is 8.29. The molecule has 3 unspecified atom stereocenters. The molecule has 0 aliphatic heterocycles. The molecule has 0 bridgehead atoms. The zero-order chi connectivity index (χ0) is 57.4. The minimum Gasteiger partial charge on any atom is -0.444 e. The molecule has 0 heterocycles. The molecular formula is C55H106N6O13. The van der Waals surface area contributed by atoms with Crippen LogP contribution < -0.4 is 21.3 Å². The summed E-state index contributed by atoms with van der Waals surface area (Å²) >= 11 is 0. The summed E-state index contributed by atoms with van der Waals surface area (Å²) in [4.78, 5) is 84.0. The zero-order valence-electron chi connectivity index (χ0n) is 50.0. The molecule has 0 aromatic carbocycles. The maximum absolute atomic E-state index is 14.6. The van der Waals surface area contributed by atoms with Crippen molar-refractivity contribution in [3.63, 3.8) is 0 Å². The lowest BCUT2D eigenvalue weighted by atomic mass is 9.72. The van der Waals surface area contributed by atoms with E-state index in [1.54, 1.807) is 141 Å². The topological polar surface area (TPSA) is 233 Å². The van der Waals surface area contributed by atoms with E-state index in [1.807, 2.05) is 6.92 Å². The Balaban J connectivity index is 7.63. The zero-order valence-corrected chi connectivity index (χ0v) is 50.0. The highest BCUT2D eigenvalue weighted by atomic mass is 16.6. The van der Waals surface area contributed by atoms with Crippen molar-refractivity contribution in [3.8, 4) is 0 Å². The Hall–Kier alpha value is -4.42. The first kappa shape index (κ1) is 69.6. The van der Waals surface area contributed by atoms with Crippen molar-refractivity contribution in [2.75, 3.05) is 46.4 Å². The number of aliphatic hydroxyl groups excluding tert-OH is 1. The van der Waals surface area contributed by atoms with Gasteiger partial charge in [0.2, 0.25) is 0 Å². The second kappa shape index (κ2) is 31.0. The van der Waals surface area contributed by atoms with E-state index >= 15 is 0 Å². The monoisotopic (exact) mass is 1060 g/mol. The number of hydrogen-bond acceptors (Lipinski definition) is 13. The number of aliphatic hydroxyl groups is 1. The lowest BCUT2D eigenvalue weighted by Crippen LogP contribution is -2.59. The summed E-state index contributed by atoms with van der Waals surface area (Å²) in [6.45, 7) is 35.5. The molecule has 0 aromatic rings. The fraction of sp³-hybridized carbons (Fsp3) is 0.891. The van der Waals surface area contributed by atoms with E-state index in [0.717, 1.165) is 12.8 Å². The fourth-order valence-electron chi connectivity index (χ4n) is 8.29. The first-order valence-electron chi connectivity index (χ1n) is 27.1. The van der Waals surface area contributed by atoms with Gasteiger partial charge in [-0.3, -0.25) is 0 Å². The summed E-state index contributed by atoms with van der Waals surface area (Å²) in [7, 11) is 1.73. The number of carbonyl (C=O) groups is 6. The number of rotatable bonds is 28. The van der Waals surface area contributed by atoms with E-state index in [1.165, 1.54) is 0 Å². The smallest absolute Gasteiger partial charge is 0.410 e. The lowest BCUT2D eigenvalue weighted by Gasteiger charge is -2.49. The molecule has 0 spiro atoms. The second-order valence-corrected chi connectivity index (χ2v) is 25.9. The molecule has 0 saturated carbocycles. The Labute approximate surface area is 447 Å². The van der Waals surface area contributed by atoms with Crippen LogP contribution >= 0.6 is 0 Å². The van der Waals surface area contributed by atoms with Gasteiger partial charge in [0.05, 0.1) is 5.54 Å². The van der Waals surface area contributed by atoms with Crippen LogP contribution in [0, 0.1) is 5.92 Å². The van der Waals surface area contributed by atoms with Crippen LogP contribution in [0.15, 0.2) is 0 Å². The number of nitrogens with zero attached hydrogens (tertiary/aromatic N) is 2. The van der Waals surface area contributed by atoms with Crippen molar-refractivity contribution in [2.45, 2.75) is 266 Å². The van der Waals surface area contributed by atoms with Gasteiger partial charge in [0.25, 0.3) is 0 Å². The highest BCUT2D eigenvalue weighted by molar-refractivity contribution is 5.71. The van der Waals surface area contributed by atoms with Gasteiger partial charge in [-0.05, 0) is 202 Å². The van der Waals surface area contributed by atoms with Crippen LogP contribution in [-0.2, 0) is 28.4 Å². The van der Waals surface area contributed by atoms with Crippen molar-refractivity contribution in [1.29, 1.82) is 0 Å². The van der Waals surface area contributed by atoms with Crippen molar-refractivity contribution in [1.82, 2.24) is 31.1 Å². The molecule has 0 saturated heterocycles. The number of hydrogen-bond donors (Lipinski definition) is 5. The van der Waals surface area contributed by atoms with Gasteiger partial charge in [-0.25, -0.2) is 28.8 Å². The Morgan fingerprint density at radius 3 is 1.26 bits per heavy atom. The first-order chi connectivity index (χ1) is 33.6. The van der Waals surface area contributed by atoms with Crippen LogP contribution in [0.25, 0.3) is 0 Å². The molecule has 74 heavy (non-hydrogen) atoms. The number of unbranched alkanes of at least 4 members (excludes halogenated alkanes) is 4. The van der Waals surface area contributed by atoms with Crippen LogP contribution in [0.5, 0.6) is 0 Å². The highest BCUT2D eigenvalue weighted by Crippen LogP contribution is 2.40. The molecule has 0 aliphatic carbocycles. The molecule has 19 heteroatoms. The van der Waals surface area contributed by atoms with Crippen LogP contribution in [0.1, 0.15) is 221 Å². The van der Waals surface area contributed by atoms with Gasteiger partial charge in [0.15, 0.2) is 0 Å². The summed E-state index contributed by atoms with van der Waals surface area (Å²) in [6, 6.07) is 0. The van der Waals surface area contributed by atoms with Gasteiger partial charge < -0.3 is 64.6 Å². The standard InChI is InChI=1S/C55H106N6O13/c1-48(2,3)69-42(63)56-35-25-24-33-55(60(20)46(67)73-52(13,14)15,34-28-37-58-44(65)71-50(7,8)9)41(30-23-21-22-26-39-62)40-61(47(68)74-53(16,17)18)38-29-32-54(19,59-45(66)72-51(10,11)12)31-27-36-57-43(64)70-49(4,5)6/h41,62H,21-40H2,1-20H3,(H,56,63)(H,57,64)(H,58,65)(H,59,66). The predicted molar refractivity (Wildman–Crippen MR) is 290 cm³/mol. The summed E-state index contributed by atoms with van der Waals surface area (Å²) in [5, 5.41) is 21.3. The second-order valence-electron chi connectivity index (χ2n) is 25.9. The lowest BCUT2D eigenvalue weighted by molar-refractivity contribution is -0.0293. The molecule has 0 fully saturated rings. The van der Waals surface area contributed by atoms with E-state index in [0.29, 0.717) is 90.1 Å². The largest absolute Gasteiger partial charge is 0.444 e. The SMILES string of the molecule is CN(C(=O)OC(C)(C)C)C(CCCCNC(=O)OC(C)(C)C)(CCCNC(=O)OC(C)(C)C)C(CCCCCCO)CN(CCCC(C)(CCCNC(=O)OC(C)(C)C)NC(=O)OC(C)(C)C)C(=O)OC(C)(C)C. The number of nitrogens with one attached hydrogen (secondary N) is 4. The Morgan fingerprint density at radius 1 is 0.432 bits per heavy atom. The Morgan fingerprint density at radius 2 is 0.811 bits per heavy atom. The predicted octanol–water partition coefficient (Wildman–Crippen LogP) is 11.8. The van der Waals surface area contributed by atoms with Crippen LogP contribution in [-0.4, -0.2) is 143 Å². The van der Waals surface area contributed by atoms with Crippen LogP contribution in [0.2, 0.25) is 0 Å². The number of amides is 6. The molecule has 0 aliphatic rings. The van der Waals surface area contributed by atoms with Crippen LogP contribution in [0.4, 0.5) is 28.8 Å². The minimum atomic E-state index is -0.991. The summed E-state index contributed by atoms with van der Waals surface area (Å²) < 4.78 is 34.4.